The third-order valence-corrected chi connectivity index (χ3v) is 4.63. The molecule has 1 aromatic carbocycles. The smallest absolute Gasteiger partial charge is 0.270 e. The molecule has 0 radical (unpaired) electrons. The molecule has 1 aliphatic rings. The van der Waals surface area contributed by atoms with Gasteiger partial charge < -0.3 is 14.6 Å². The number of morpholine rings is 1. The summed E-state index contributed by atoms with van der Waals surface area (Å²) in [7, 11) is 0. The average Bonchev–Trinajstić information content (AvgIpc) is 3.13. The van der Waals surface area contributed by atoms with Crippen molar-refractivity contribution >= 4 is 16.8 Å². The van der Waals surface area contributed by atoms with E-state index in [1.54, 1.807) is 29.3 Å². The fourth-order valence-corrected chi connectivity index (χ4v) is 3.26. The number of ether oxygens (including phenoxy) is 1. The van der Waals surface area contributed by atoms with Gasteiger partial charge in [0.25, 0.3) is 5.91 Å². The molecule has 0 saturated carbocycles. The van der Waals surface area contributed by atoms with Crippen molar-refractivity contribution in [2.24, 2.45) is 0 Å². The van der Waals surface area contributed by atoms with Gasteiger partial charge in [0.1, 0.15) is 17.8 Å². The van der Waals surface area contributed by atoms with E-state index in [0.717, 1.165) is 18.5 Å². The molecule has 0 bridgehead atoms. The summed E-state index contributed by atoms with van der Waals surface area (Å²) in [4.78, 5) is 25.6. The first-order chi connectivity index (χ1) is 12.7. The first kappa shape index (κ1) is 16.7. The summed E-state index contributed by atoms with van der Waals surface area (Å²) in [6, 6.07) is 8.38. The Balaban J connectivity index is 1.43. The summed E-state index contributed by atoms with van der Waals surface area (Å²) in [5.74, 6) is -0.484. The molecule has 134 valence electrons. The molecule has 4 rings (SSSR count). The number of rotatable bonds is 4. The minimum atomic E-state index is -0.355. The van der Waals surface area contributed by atoms with E-state index < -0.39 is 0 Å². The van der Waals surface area contributed by atoms with E-state index in [1.807, 2.05) is 6.07 Å². The highest BCUT2D eigenvalue weighted by Crippen LogP contribution is 2.20. The molecule has 0 spiro atoms. The third kappa shape index (κ3) is 3.43. The number of aromatic nitrogens is 3. The molecule has 1 N–H and O–H groups in total. The maximum absolute atomic E-state index is 13.8. The Kier molecular flexibility index (Phi) is 4.62. The Morgan fingerprint density at radius 1 is 1.38 bits per heavy atom. The summed E-state index contributed by atoms with van der Waals surface area (Å²) in [5, 5.41) is 0.696. The summed E-state index contributed by atoms with van der Waals surface area (Å²) < 4.78 is 19.6. The van der Waals surface area contributed by atoms with Crippen molar-refractivity contribution in [3.63, 3.8) is 0 Å². The lowest BCUT2D eigenvalue weighted by Gasteiger charge is -2.32. The molecule has 6 nitrogen and oxygen atoms in total. The molecule has 1 aliphatic heterocycles. The lowest BCUT2D eigenvalue weighted by molar-refractivity contribution is -0.0248. The lowest BCUT2D eigenvalue weighted by Crippen LogP contribution is -2.45. The summed E-state index contributed by atoms with van der Waals surface area (Å²) in [6.07, 6.45) is 4.76. The number of carbonyl (C=O) groups is 1. The van der Waals surface area contributed by atoms with Crippen molar-refractivity contribution in [3.05, 3.63) is 60.1 Å². The highest BCUT2D eigenvalue weighted by atomic mass is 19.1. The highest BCUT2D eigenvalue weighted by molar-refractivity contribution is 5.98. The van der Waals surface area contributed by atoms with E-state index in [9.17, 15) is 9.18 Å². The second-order valence-electron chi connectivity index (χ2n) is 6.37. The van der Waals surface area contributed by atoms with Crippen molar-refractivity contribution in [3.8, 4) is 0 Å². The van der Waals surface area contributed by atoms with E-state index in [-0.39, 0.29) is 17.8 Å². The molecule has 7 heteroatoms. The van der Waals surface area contributed by atoms with Crippen LogP contribution in [0.2, 0.25) is 0 Å². The number of para-hydroxylation sites is 1. The van der Waals surface area contributed by atoms with Gasteiger partial charge in [0.05, 0.1) is 18.2 Å². The molecule has 3 aromatic rings. The van der Waals surface area contributed by atoms with Crippen LogP contribution in [0.5, 0.6) is 0 Å². The molecule has 26 heavy (non-hydrogen) atoms. The SMILES string of the molecule is O=C(c1cc2cccc(F)c2[nH]1)N1CCO[C@H](CCc2ccncn2)C1. The van der Waals surface area contributed by atoms with Gasteiger partial charge in [-0.25, -0.2) is 14.4 Å². The third-order valence-electron chi connectivity index (χ3n) is 4.63. The molecule has 0 aliphatic carbocycles. The predicted molar refractivity (Wildman–Crippen MR) is 94.3 cm³/mol. The molecule has 1 fully saturated rings. The van der Waals surface area contributed by atoms with Crippen LogP contribution in [0, 0.1) is 5.82 Å². The van der Waals surface area contributed by atoms with Gasteiger partial charge in [-0.05, 0) is 31.0 Å². The second-order valence-corrected chi connectivity index (χ2v) is 6.37. The zero-order valence-electron chi connectivity index (χ0n) is 14.2. The molecule has 0 unspecified atom stereocenters. The molecule has 1 amide bonds. The van der Waals surface area contributed by atoms with Gasteiger partial charge >= 0.3 is 0 Å². The largest absolute Gasteiger partial charge is 0.375 e. The Morgan fingerprint density at radius 2 is 2.31 bits per heavy atom. The molecule has 1 atom stereocenters. The number of fused-ring (bicyclic) bond motifs is 1. The van der Waals surface area contributed by atoms with E-state index in [1.165, 1.54) is 12.4 Å². The first-order valence-electron chi connectivity index (χ1n) is 8.64. The van der Waals surface area contributed by atoms with Crippen LogP contribution in [-0.2, 0) is 11.2 Å². The number of aromatic amines is 1. The van der Waals surface area contributed by atoms with Gasteiger partial charge in [-0.15, -0.1) is 0 Å². The highest BCUT2D eigenvalue weighted by Gasteiger charge is 2.26. The van der Waals surface area contributed by atoms with Crippen LogP contribution in [0.15, 0.2) is 42.9 Å². The Morgan fingerprint density at radius 3 is 3.12 bits per heavy atom. The van der Waals surface area contributed by atoms with Crippen LogP contribution < -0.4 is 0 Å². The maximum atomic E-state index is 13.8. The van der Waals surface area contributed by atoms with Crippen LogP contribution in [0.1, 0.15) is 22.6 Å². The monoisotopic (exact) mass is 354 g/mol. The van der Waals surface area contributed by atoms with Crippen LogP contribution >= 0.6 is 0 Å². The number of amides is 1. The Bertz CT molecular complexity index is 912. The van der Waals surface area contributed by atoms with Gasteiger partial charge in [-0.3, -0.25) is 4.79 Å². The number of nitrogens with one attached hydrogen (secondary N) is 1. The predicted octanol–water partition coefficient (Wildman–Crippen LogP) is 2.57. The van der Waals surface area contributed by atoms with Gasteiger partial charge in [-0.1, -0.05) is 12.1 Å². The zero-order valence-corrected chi connectivity index (χ0v) is 14.2. The normalized spacial score (nSPS) is 17.6. The number of hydrogen-bond donors (Lipinski definition) is 1. The van der Waals surface area contributed by atoms with Gasteiger partial charge in [0, 0.05) is 30.4 Å². The number of H-pyrrole nitrogens is 1. The van der Waals surface area contributed by atoms with Crippen LogP contribution in [-0.4, -0.2) is 51.6 Å². The topological polar surface area (TPSA) is 71.1 Å². The summed E-state index contributed by atoms with van der Waals surface area (Å²) >= 11 is 0. The van der Waals surface area contributed by atoms with Crippen LogP contribution in [0.25, 0.3) is 10.9 Å². The molecular weight excluding hydrogens is 335 g/mol. The van der Waals surface area contributed by atoms with E-state index in [4.69, 9.17) is 4.74 Å². The number of nitrogens with zero attached hydrogens (tertiary/aromatic N) is 3. The average molecular weight is 354 g/mol. The molecular formula is C19H19FN4O2. The fraction of sp³-hybridized carbons (Fsp3) is 0.316. The molecule has 1 saturated heterocycles. The summed E-state index contributed by atoms with van der Waals surface area (Å²) in [5.41, 5.74) is 1.73. The van der Waals surface area contributed by atoms with Crippen LogP contribution in [0.3, 0.4) is 0 Å². The number of aryl methyl sites for hydroxylation is 1. The maximum Gasteiger partial charge on any atom is 0.270 e. The van der Waals surface area contributed by atoms with Crippen LogP contribution in [0.4, 0.5) is 4.39 Å². The van der Waals surface area contributed by atoms with Gasteiger partial charge in [0.15, 0.2) is 0 Å². The van der Waals surface area contributed by atoms with E-state index >= 15 is 0 Å². The van der Waals surface area contributed by atoms with Crippen molar-refractivity contribution in [1.29, 1.82) is 0 Å². The summed E-state index contributed by atoms with van der Waals surface area (Å²) in [6.45, 7) is 1.54. The number of carbonyl (C=O) groups excluding carboxylic acids is 1. The zero-order chi connectivity index (χ0) is 17.9. The van der Waals surface area contributed by atoms with E-state index in [2.05, 4.69) is 15.0 Å². The Labute approximate surface area is 150 Å². The van der Waals surface area contributed by atoms with Crippen molar-refractivity contribution in [2.75, 3.05) is 19.7 Å². The first-order valence-corrected chi connectivity index (χ1v) is 8.64. The fourth-order valence-electron chi connectivity index (χ4n) is 3.26. The number of hydrogen-bond acceptors (Lipinski definition) is 4. The minimum absolute atomic E-state index is 0.0382. The second kappa shape index (κ2) is 7.21. The van der Waals surface area contributed by atoms with Gasteiger partial charge in [0.2, 0.25) is 0 Å². The van der Waals surface area contributed by atoms with E-state index in [0.29, 0.717) is 36.3 Å². The minimum Gasteiger partial charge on any atom is -0.375 e. The standard InChI is InChI=1S/C19H19FN4O2/c20-16-3-1-2-13-10-17(23-18(13)16)19(25)24-8-9-26-15(11-24)5-4-14-6-7-21-12-22-14/h1-3,6-7,10,12,15,23H,4-5,8-9,11H2/t15-/m1/s1. The quantitative estimate of drug-likeness (QED) is 0.782. The number of halogens is 1. The van der Waals surface area contributed by atoms with Crippen molar-refractivity contribution in [1.82, 2.24) is 19.9 Å². The molecule has 3 heterocycles. The molecule has 2 aromatic heterocycles. The number of benzene rings is 1. The van der Waals surface area contributed by atoms with Crippen molar-refractivity contribution < 1.29 is 13.9 Å². The van der Waals surface area contributed by atoms with Crippen molar-refractivity contribution in [2.45, 2.75) is 18.9 Å². The van der Waals surface area contributed by atoms with Gasteiger partial charge in [-0.2, -0.15) is 0 Å². The Hall–Kier alpha value is -2.80. The lowest BCUT2D eigenvalue weighted by atomic mass is 10.1.